The van der Waals surface area contributed by atoms with Gasteiger partial charge in [-0.3, -0.25) is 4.79 Å². The Bertz CT molecular complexity index is 556. The Morgan fingerprint density at radius 1 is 1.33 bits per heavy atom. The zero-order valence-corrected chi connectivity index (χ0v) is 11.8. The summed E-state index contributed by atoms with van der Waals surface area (Å²) in [5.74, 6) is -0.101. The van der Waals surface area contributed by atoms with Crippen molar-refractivity contribution in [3.63, 3.8) is 0 Å². The van der Waals surface area contributed by atoms with Crippen LogP contribution in [0.3, 0.4) is 0 Å². The summed E-state index contributed by atoms with van der Waals surface area (Å²) in [4.78, 5) is 12.3. The summed E-state index contributed by atoms with van der Waals surface area (Å²) in [6, 6.07) is 8.23. The van der Waals surface area contributed by atoms with Crippen LogP contribution in [0.4, 0.5) is 0 Å². The molecule has 0 bridgehead atoms. The molecule has 0 aliphatic carbocycles. The molecule has 0 aromatic heterocycles. The molecule has 1 fully saturated rings. The van der Waals surface area contributed by atoms with Crippen molar-refractivity contribution >= 4 is 40.3 Å². The van der Waals surface area contributed by atoms with Gasteiger partial charge in [0.2, 0.25) is 0 Å². The van der Waals surface area contributed by atoms with Crippen molar-refractivity contribution < 1.29 is 4.79 Å². The fraction of sp³-hybridized carbons (Fsp3) is 0.143. The molecule has 1 N–H and O–H groups in total. The van der Waals surface area contributed by atoms with Crippen LogP contribution < -0.4 is 5.32 Å². The first kappa shape index (κ1) is 13.1. The van der Waals surface area contributed by atoms with Crippen molar-refractivity contribution in [3.8, 4) is 0 Å². The first-order valence-corrected chi connectivity index (χ1v) is 6.77. The zero-order chi connectivity index (χ0) is 13.1. The Hall–Kier alpha value is -1.39. The number of benzene rings is 1. The molecular weight excluding hydrogens is 262 g/mol. The fourth-order valence-electron chi connectivity index (χ4n) is 1.55. The maximum absolute atomic E-state index is 11.6. The van der Waals surface area contributed by atoms with Crippen molar-refractivity contribution in [1.29, 1.82) is 0 Å². The highest BCUT2D eigenvalue weighted by molar-refractivity contribution is 8.26. The highest BCUT2D eigenvalue weighted by Crippen LogP contribution is 2.27. The molecule has 0 saturated carbocycles. The second-order valence-electron chi connectivity index (χ2n) is 4.10. The summed E-state index contributed by atoms with van der Waals surface area (Å²) in [5.41, 5.74) is 3.28. The van der Waals surface area contributed by atoms with E-state index in [2.05, 4.69) is 36.5 Å². The average Bonchev–Trinajstić information content (AvgIpc) is 2.67. The average molecular weight is 275 g/mol. The largest absolute Gasteiger partial charge is 0.307 e. The van der Waals surface area contributed by atoms with Crippen LogP contribution in [0.5, 0.6) is 0 Å². The maximum Gasteiger partial charge on any atom is 0.263 e. The highest BCUT2D eigenvalue weighted by Gasteiger charge is 2.23. The van der Waals surface area contributed by atoms with Crippen molar-refractivity contribution in [2.24, 2.45) is 0 Å². The molecule has 1 aliphatic rings. The lowest BCUT2D eigenvalue weighted by molar-refractivity contribution is -0.115. The number of carbonyl (C=O) groups is 1. The SMILES string of the molecule is CC(/C=C/c1ccc(C)cc1)=C1SC(=S)NC1=O. The number of hydrogen-bond donors (Lipinski definition) is 1. The van der Waals surface area contributed by atoms with E-state index in [-0.39, 0.29) is 5.91 Å². The first-order chi connectivity index (χ1) is 8.56. The van der Waals surface area contributed by atoms with Gasteiger partial charge in [0, 0.05) is 0 Å². The van der Waals surface area contributed by atoms with E-state index in [1.54, 1.807) is 0 Å². The number of aryl methyl sites for hydroxylation is 1. The van der Waals surface area contributed by atoms with Crippen molar-refractivity contribution in [2.75, 3.05) is 0 Å². The molecule has 1 aliphatic heterocycles. The lowest BCUT2D eigenvalue weighted by atomic mass is 10.1. The van der Waals surface area contributed by atoms with E-state index in [1.807, 2.05) is 19.1 Å². The van der Waals surface area contributed by atoms with Crippen LogP contribution >= 0.6 is 24.0 Å². The third kappa shape index (κ3) is 3.09. The Labute approximate surface area is 116 Å². The minimum Gasteiger partial charge on any atom is -0.307 e. The van der Waals surface area contributed by atoms with Gasteiger partial charge in [0.1, 0.15) is 4.32 Å². The van der Waals surface area contributed by atoms with Gasteiger partial charge >= 0.3 is 0 Å². The smallest absolute Gasteiger partial charge is 0.263 e. The predicted octanol–water partition coefficient (Wildman–Crippen LogP) is 3.43. The minimum absolute atomic E-state index is 0.101. The van der Waals surface area contributed by atoms with Gasteiger partial charge in [0.25, 0.3) is 5.91 Å². The summed E-state index contributed by atoms with van der Waals surface area (Å²) in [7, 11) is 0. The van der Waals surface area contributed by atoms with Gasteiger partial charge in [0.15, 0.2) is 0 Å². The molecule has 0 unspecified atom stereocenters. The summed E-state index contributed by atoms with van der Waals surface area (Å²) in [6.07, 6.45) is 3.94. The van der Waals surface area contributed by atoms with Gasteiger partial charge in [-0.25, -0.2) is 0 Å². The Morgan fingerprint density at radius 3 is 2.56 bits per heavy atom. The zero-order valence-electron chi connectivity index (χ0n) is 10.2. The molecule has 1 heterocycles. The summed E-state index contributed by atoms with van der Waals surface area (Å²) in [5, 5.41) is 2.62. The van der Waals surface area contributed by atoms with Gasteiger partial charge in [-0.2, -0.15) is 0 Å². The van der Waals surface area contributed by atoms with E-state index >= 15 is 0 Å². The highest BCUT2D eigenvalue weighted by atomic mass is 32.2. The number of rotatable bonds is 2. The number of amides is 1. The van der Waals surface area contributed by atoms with Crippen LogP contribution in [-0.4, -0.2) is 10.2 Å². The number of hydrogen-bond acceptors (Lipinski definition) is 3. The molecule has 1 saturated heterocycles. The van der Waals surface area contributed by atoms with Crippen LogP contribution in [0.25, 0.3) is 6.08 Å². The van der Waals surface area contributed by atoms with E-state index < -0.39 is 0 Å². The van der Waals surface area contributed by atoms with E-state index in [0.29, 0.717) is 9.23 Å². The monoisotopic (exact) mass is 275 g/mol. The molecule has 0 atom stereocenters. The van der Waals surface area contributed by atoms with Gasteiger partial charge in [-0.1, -0.05) is 66.0 Å². The molecule has 1 aromatic carbocycles. The van der Waals surface area contributed by atoms with E-state index in [9.17, 15) is 4.79 Å². The van der Waals surface area contributed by atoms with E-state index in [1.165, 1.54) is 17.3 Å². The number of allylic oxidation sites excluding steroid dienone is 2. The van der Waals surface area contributed by atoms with Gasteiger partial charge in [-0.05, 0) is 25.0 Å². The molecular formula is C14H13NOS2. The Morgan fingerprint density at radius 2 is 2.00 bits per heavy atom. The van der Waals surface area contributed by atoms with E-state index in [4.69, 9.17) is 12.2 Å². The topological polar surface area (TPSA) is 29.1 Å². The predicted molar refractivity (Wildman–Crippen MR) is 81.2 cm³/mol. The van der Waals surface area contributed by atoms with E-state index in [0.717, 1.165) is 11.1 Å². The lowest BCUT2D eigenvalue weighted by Crippen LogP contribution is -2.18. The summed E-state index contributed by atoms with van der Waals surface area (Å²) >= 11 is 6.28. The second-order valence-corrected chi connectivity index (χ2v) is 5.79. The Kier molecular flexibility index (Phi) is 3.99. The standard InChI is InChI=1S/C14H13NOS2/c1-9-3-6-11(7-4-9)8-5-10(2)12-13(16)15-14(17)18-12/h3-8H,1-2H3,(H,15,16,17)/b8-5+,12-10?. The maximum atomic E-state index is 11.6. The quantitative estimate of drug-likeness (QED) is 0.662. The number of thiocarbonyl (C=S) groups is 1. The first-order valence-electron chi connectivity index (χ1n) is 5.55. The number of thioether (sulfide) groups is 1. The minimum atomic E-state index is -0.101. The van der Waals surface area contributed by atoms with Crippen LogP contribution in [-0.2, 0) is 4.79 Å². The van der Waals surface area contributed by atoms with Gasteiger partial charge < -0.3 is 5.32 Å². The molecule has 2 nitrogen and oxygen atoms in total. The third-order valence-electron chi connectivity index (χ3n) is 2.58. The van der Waals surface area contributed by atoms with Crippen LogP contribution in [0.2, 0.25) is 0 Å². The molecule has 1 amide bonds. The second kappa shape index (κ2) is 5.50. The summed E-state index contributed by atoms with van der Waals surface area (Å²) < 4.78 is 0.526. The van der Waals surface area contributed by atoms with Gasteiger partial charge in [0.05, 0.1) is 4.91 Å². The van der Waals surface area contributed by atoms with Crippen LogP contribution in [0.15, 0.2) is 40.8 Å². The number of carbonyl (C=O) groups excluding carboxylic acids is 1. The third-order valence-corrected chi connectivity index (χ3v) is 3.93. The molecule has 92 valence electrons. The molecule has 0 spiro atoms. The van der Waals surface area contributed by atoms with Gasteiger partial charge in [-0.15, -0.1) is 0 Å². The molecule has 2 rings (SSSR count). The van der Waals surface area contributed by atoms with Crippen molar-refractivity contribution in [3.05, 3.63) is 51.9 Å². The normalized spacial score (nSPS) is 18.3. The molecule has 4 heteroatoms. The lowest BCUT2D eigenvalue weighted by Gasteiger charge is -1.97. The van der Waals surface area contributed by atoms with Crippen LogP contribution in [0.1, 0.15) is 18.1 Å². The Balaban J connectivity index is 2.18. The molecule has 18 heavy (non-hydrogen) atoms. The van der Waals surface area contributed by atoms with Crippen molar-refractivity contribution in [2.45, 2.75) is 13.8 Å². The number of nitrogens with one attached hydrogen (secondary N) is 1. The van der Waals surface area contributed by atoms with Crippen molar-refractivity contribution in [1.82, 2.24) is 5.32 Å². The fourth-order valence-corrected chi connectivity index (χ4v) is 2.59. The van der Waals surface area contributed by atoms with Crippen LogP contribution in [0, 0.1) is 6.92 Å². The molecule has 1 aromatic rings. The summed E-state index contributed by atoms with van der Waals surface area (Å²) in [6.45, 7) is 3.97. The molecule has 0 radical (unpaired) electrons.